The third-order valence-electron chi connectivity index (χ3n) is 4.26. The van der Waals surface area contributed by atoms with Gasteiger partial charge in [0.1, 0.15) is 17.2 Å². The van der Waals surface area contributed by atoms with Crippen molar-refractivity contribution in [3.05, 3.63) is 82.9 Å². The number of benzene rings is 3. The highest BCUT2D eigenvalue weighted by molar-refractivity contribution is 6.33. The number of esters is 1. The molecule has 0 radical (unpaired) electrons. The van der Waals surface area contributed by atoms with E-state index in [1.165, 1.54) is 12.3 Å². The molecule has 0 unspecified atom stereocenters. The number of carbonyl (C=O) groups is 1. The first-order valence-corrected chi connectivity index (χ1v) is 10.0. The predicted molar refractivity (Wildman–Crippen MR) is 119 cm³/mol. The summed E-state index contributed by atoms with van der Waals surface area (Å²) in [7, 11) is 0. The second-order valence-corrected chi connectivity index (χ2v) is 6.95. The number of hydrogen-bond acceptors (Lipinski definition) is 5. The molecule has 0 spiro atoms. The van der Waals surface area contributed by atoms with Crippen molar-refractivity contribution in [2.24, 2.45) is 4.99 Å². The Bertz CT molecular complexity index is 1030. The summed E-state index contributed by atoms with van der Waals surface area (Å²) in [5, 5.41) is 10.7. The highest BCUT2D eigenvalue weighted by Crippen LogP contribution is 2.26. The lowest BCUT2D eigenvalue weighted by molar-refractivity contribution is 0.0734. The van der Waals surface area contributed by atoms with Crippen LogP contribution >= 0.6 is 11.6 Å². The number of phenolic OH excluding ortho intramolecular Hbond substituents is 1. The molecule has 0 bridgehead atoms. The van der Waals surface area contributed by atoms with Gasteiger partial charge >= 0.3 is 5.97 Å². The zero-order chi connectivity index (χ0) is 21.3. The molecule has 3 rings (SSSR count). The van der Waals surface area contributed by atoms with Gasteiger partial charge in [-0.2, -0.15) is 0 Å². The Morgan fingerprint density at radius 2 is 1.80 bits per heavy atom. The zero-order valence-electron chi connectivity index (χ0n) is 16.5. The summed E-state index contributed by atoms with van der Waals surface area (Å²) in [5.74, 6) is 0.359. The highest BCUT2D eigenvalue weighted by Gasteiger charge is 2.10. The van der Waals surface area contributed by atoms with E-state index in [-0.39, 0.29) is 11.5 Å². The van der Waals surface area contributed by atoms with Crippen LogP contribution in [0.1, 0.15) is 35.7 Å². The van der Waals surface area contributed by atoms with Gasteiger partial charge in [0.2, 0.25) is 0 Å². The first kappa shape index (κ1) is 21.4. The number of rotatable bonds is 8. The molecular weight excluding hydrogens is 402 g/mol. The first-order chi connectivity index (χ1) is 14.6. The number of para-hydroxylation sites is 1. The normalized spacial score (nSPS) is 10.9. The molecule has 6 heteroatoms. The second kappa shape index (κ2) is 10.5. The van der Waals surface area contributed by atoms with Crippen LogP contribution in [0, 0.1) is 0 Å². The fraction of sp³-hybridized carbons (Fsp3) is 0.167. The third kappa shape index (κ3) is 5.84. The summed E-state index contributed by atoms with van der Waals surface area (Å²) in [6.45, 7) is 2.74. The van der Waals surface area contributed by atoms with E-state index in [9.17, 15) is 9.90 Å². The Hall–Kier alpha value is -3.31. The average Bonchev–Trinajstić information content (AvgIpc) is 2.75. The number of halogens is 1. The molecule has 0 atom stereocenters. The molecule has 0 aliphatic heterocycles. The fourth-order valence-electron chi connectivity index (χ4n) is 2.58. The van der Waals surface area contributed by atoms with E-state index in [0.717, 1.165) is 12.8 Å². The van der Waals surface area contributed by atoms with Crippen LogP contribution in [0.5, 0.6) is 17.2 Å². The van der Waals surface area contributed by atoms with E-state index in [4.69, 9.17) is 21.1 Å². The van der Waals surface area contributed by atoms with E-state index in [2.05, 4.69) is 11.9 Å². The second-order valence-electron chi connectivity index (χ2n) is 6.55. The molecule has 0 saturated heterocycles. The Kier molecular flexibility index (Phi) is 7.46. The average molecular weight is 424 g/mol. The van der Waals surface area contributed by atoms with Gasteiger partial charge in [0, 0.05) is 17.8 Å². The summed E-state index contributed by atoms with van der Waals surface area (Å²) in [6, 6.07) is 18.5. The number of phenols is 1. The van der Waals surface area contributed by atoms with Gasteiger partial charge in [-0.1, -0.05) is 37.1 Å². The molecule has 30 heavy (non-hydrogen) atoms. The van der Waals surface area contributed by atoms with Gasteiger partial charge < -0.3 is 14.6 Å². The van der Waals surface area contributed by atoms with E-state index in [0.29, 0.717) is 34.2 Å². The van der Waals surface area contributed by atoms with Gasteiger partial charge in [0.05, 0.1) is 22.9 Å². The van der Waals surface area contributed by atoms with E-state index >= 15 is 0 Å². The molecular formula is C24H22ClNO4. The van der Waals surface area contributed by atoms with Crippen molar-refractivity contribution < 1.29 is 19.4 Å². The van der Waals surface area contributed by atoms with Crippen molar-refractivity contribution >= 4 is 29.5 Å². The van der Waals surface area contributed by atoms with Crippen LogP contribution in [0.4, 0.5) is 5.69 Å². The van der Waals surface area contributed by atoms with Crippen molar-refractivity contribution in [2.75, 3.05) is 6.61 Å². The van der Waals surface area contributed by atoms with Crippen molar-refractivity contribution in [3.8, 4) is 17.2 Å². The van der Waals surface area contributed by atoms with Gasteiger partial charge in [-0.15, -0.1) is 0 Å². The molecule has 3 aromatic carbocycles. The molecule has 0 aromatic heterocycles. The van der Waals surface area contributed by atoms with Gasteiger partial charge in [-0.3, -0.25) is 4.99 Å². The third-order valence-corrected chi connectivity index (χ3v) is 4.58. The lowest BCUT2D eigenvalue weighted by Gasteiger charge is -2.08. The van der Waals surface area contributed by atoms with Gasteiger partial charge in [-0.05, 0) is 55.0 Å². The number of unbranched alkanes of at least 4 members (excludes halogenated alkanes) is 1. The van der Waals surface area contributed by atoms with Crippen molar-refractivity contribution in [2.45, 2.75) is 19.8 Å². The summed E-state index contributed by atoms with van der Waals surface area (Å²) in [5.41, 5.74) is 1.46. The van der Waals surface area contributed by atoms with Crippen LogP contribution in [0.2, 0.25) is 5.02 Å². The molecule has 0 aliphatic rings. The smallest absolute Gasteiger partial charge is 0.343 e. The lowest BCUT2D eigenvalue weighted by atomic mass is 10.2. The largest absolute Gasteiger partial charge is 0.507 e. The molecule has 3 aromatic rings. The van der Waals surface area contributed by atoms with Crippen molar-refractivity contribution in [3.63, 3.8) is 0 Å². The van der Waals surface area contributed by atoms with E-state index in [1.54, 1.807) is 48.5 Å². The molecule has 0 fully saturated rings. The van der Waals surface area contributed by atoms with E-state index in [1.807, 2.05) is 12.1 Å². The van der Waals surface area contributed by atoms with Crippen LogP contribution in [0.3, 0.4) is 0 Å². The molecule has 5 nitrogen and oxygen atoms in total. The van der Waals surface area contributed by atoms with Crippen LogP contribution in [-0.4, -0.2) is 23.9 Å². The minimum atomic E-state index is -0.521. The molecule has 0 saturated carbocycles. The number of ether oxygens (including phenoxy) is 2. The van der Waals surface area contributed by atoms with E-state index < -0.39 is 5.97 Å². The van der Waals surface area contributed by atoms with Crippen LogP contribution in [-0.2, 0) is 0 Å². The Morgan fingerprint density at radius 1 is 1.07 bits per heavy atom. The Balaban J connectivity index is 1.63. The highest BCUT2D eigenvalue weighted by atomic mass is 35.5. The molecule has 0 aliphatic carbocycles. The topological polar surface area (TPSA) is 68.1 Å². The van der Waals surface area contributed by atoms with Crippen LogP contribution in [0.15, 0.2) is 71.7 Å². The SMILES string of the molecule is CCCCOc1ccc(C(=O)Oc2ccc(C=Nc3ccccc3Cl)c(O)c2)cc1. The Morgan fingerprint density at radius 3 is 2.50 bits per heavy atom. The van der Waals surface area contributed by atoms with Gasteiger partial charge in [0.15, 0.2) is 0 Å². The summed E-state index contributed by atoms with van der Waals surface area (Å²) in [4.78, 5) is 16.6. The van der Waals surface area contributed by atoms with Gasteiger partial charge in [0.25, 0.3) is 0 Å². The number of nitrogens with zero attached hydrogens (tertiary/aromatic N) is 1. The molecule has 0 heterocycles. The monoisotopic (exact) mass is 423 g/mol. The lowest BCUT2D eigenvalue weighted by Crippen LogP contribution is -2.08. The zero-order valence-corrected chi connectivity index (χ0v) is 17.3. The fourth-order valence-corrected chi connectivity index (χ4v) is 2.76. The predicted octanol–water partition coefficient (Wildman–Crippen LogP) is 6.19. The molecule has 0 amide bonds. The maximum absolute atomic E-state index is 12.3. The minimum absolute atomic E-state index is 0.0595. The number of hydrogen-bond donors (Lipinski definition) is 1. The van der Waals surface area contributed by atoms with Crippen LogP contribution in [0.25, 0.3) is 0 Å². The molecule has 1 N–H and O–H groups in total. The molecule has 154 valence electrons. The maximum atomic E-state index is 12.3. The van der Waals surface area contributed by atoms with Gasteiger partial charge in [-0.25, -0.2) is 4.79 Å². The van der Waals surface area contributed by atoms with Crippen molar-refractivity contribution in [1.29, 1.82) is 0 Å². The summed E-state index contributed by atoms with van der Waals surface area (Å²) in [6.07, 6.45) is 3.54. The quantitative estimate of drug-likeness (QED) is 0.203. The number of aromatic hydroxyl groups is 1. The van der Waals surface area contributed by atoms with Crippen molar-refractivity contribution in [1.82, 2.24) is 0 Å². The standard InChI is InChI=1S/C24H22ClNO4/c1-2-3-14-29-19-11-8-17(9-12-19)24(28)30-20-13-10-18(23(27)15-20)16-26-22-7-5-4-6-21(22)25/h4-13,15-16,27H,2-3,14H2,1H3. The minimum Gasteiger partial charge on any atom is -0.507 e. The van der Waals surface area contributed by atoms with Crippen LogP contribution < -0.4 is 9.47 Å². The maximum Gasteiger partial charge on any atom is 0.343 e. The Labute approximate surface area is 180 Å². The first-order valence-electron chi connectivity index (χ1n) is 9.63. The summed E-state index contributed by atoms with van der Waals surface area (Å²) >= 11 is 6.07. The number of aliphatic imine (C=N–C) groups is 1. The number of carbonyl (C=O) groups excluding carboxylic acids is 1. The summed E-state index contributed by atoms with van der Waals surface area (Å²) < 4.78 is 10.9.